The molecule has 1 aromatic rings. The summed E-state index contributed by atoms with van der Waals surface area (Å²) in [7, 11) is 0. The van der Waals surface area contributed by atoms with Gasteiger partial charge in [-0.05, 0) is 45.7 Å². The number of rotatable bonds is 5. The summed E-state index contributed by atoms with van der Waals surface area (Å²) >= 11 is 6.47. The smallest absolute Gasteiger partial charge is 0.0820 e. The maximum absolute atomic E-state index is 6.47. The van der Waals surface area contributed by atoms with E-state index in [4.69, 9.17) is 11.6 Å². The van der Waals surface area contributed by atoms with Gasteiger partial charge in [0.1, 0.15) is 0 Å². The van der Waals surface area contributed by atoms with Crippen molar-refractivity contribution >= 4 is 11.6 Å². The topological polar surface area (TPSA) is 29.9 Å². The van der Waals surface area contributed by atoms with E-state index in [0.717, 1.165) is 18.1 Å². The van der Waals surface area contributed by atoms with Crippen LogP contribution in [0.15, 0.2) is 6.20 Å². The molecule has 20 heavy (non-hydrogen) atoms. The predicted octanol–water partition coefficient (Wildman–Crippen LogP) is 4.39. The van der Waals surface area contributed by atoms with Crippen molar-refractivity contribution in [2.75, 3.05) is 13.1 Å². The van der Waals surface area contributed by atoms with Gasteiger partial charge in [0.2, 0.25) is 0 Å². The summed E-state index contributed by atoms with van der Waals surface area (Å²) in [5.74, 6) is 1.23. The van der Waals surface area contributed by atoms with Gasteiger partial charge in [0.05, 0.1) is 16.9 Å². The molecule has 1 fully saturated rings. The lowest BCUT2D eigenvalue weighted by atomic mass is 9.85. The second kappa shape index (κ2) is 7.46. The van der Waals surface area contributed by atoms with Gasteiger partial charge < -0.3 is 5.32 Å². The van der Waals surface area contributed by atoms with E-state index in [1.165, 1.54) is 37.8 Å². The maximum Gasteiger partial charge on any atom is 0.0820 e. The number of nitrogens with one attached hydrogen (secondary N) is 1. The molecular formula is C16H28ClN3. The molecule has 1 saturated carbocycles. The first-order valence-electron chi connectivity index (χ1n) is 8.08. The molecule has 1 aliphatic carbocycles. The Bertz CT molecular complexity index is 414. The quantitative estimate of drug-likeness (QED) is 0.817. The van der Waals surface area contributed by atoms with Crippen LogP contribution in [-0.4, -0.2) is 22.9 Å². The zero-order valence-electron chi connectivity index (χ0n) is 13.0. The van der Waals surface area contributed by atoms with Crippen molar-refractivity contribution in [1.29, 1.82) is 0 Å². The first-order chi connectivity index (χ1) is 9.65. The van der Waals surface area contributed by atoms with E-state index >= 15 is 0 Å². The molecule has 1 N–H and O–H groups in total. The van der Waals surface area contributed by atoms with Gasteiger partial charge in [-0.3, -0.25) is 4.68 Å². The molecule has 0 bridgehead atoms. The number of halogens is 1. The van der Waals surface area contributed by atoms with Crippen LogP contribution in [-0.2, 0) is 0 Å². The van der Waals surface area contributed by atoms with E-state index in [0.29, 0.717) is 17.9 Å². The Morgan fingerprint density at radius 3 is 2.80 bits per heavy atom. The van der Waals surface area contributed by atoms with E-state index in [2.05, 4.69) is 35.9 Å². The first-order valence-corrected chi connectivity index (χ1v) is 8.46. The Kier molecular flexibility index (Phi) is 5.91. The third kappa shape index (κ3) is 3.56. The summed E-state index contributed by atoms with van der Waals surface area (Å²) in [6.07, 6.45) is 8.39. The van der Waals surface area contributed by atoms with Crippen LogP contribution in [0.4, 0.5) is 0 Å². The van der Waals surface area contributed by atoms with Crippen LogP contribution in [0, 0.1) is 5.92 Å². The van der Waals surface area contributed by atoms with Gasteiger partial charge in [-0.2, -0.15) is 5.10 Å². The summed E-state index contributed by atoms with van der Waals surface area (Å²) < 4.78 is 2.14. The minimum Gasteiger partial charge on any atom is -0.317 e. The zero-order valence-corrected chi connectivity index (χ0v) is 13.8. The molecule has 2 unspecified atom stereocenters. The summed E-state index contributed by atoms with van der Waals surface area (Å²) in [5, 5.41) is 8.89. The number of aromatic nitrogens is 2. The van der Waals surface area contributed by atoms with Crippen LogP contribution in [0.1, 0.15) is 70.5 Å². The second-order valence-corrected chi connectivity index (χ2v) is 6.64. The molecule has 0 spiro atoms. The molecule has 0 aliphatic heterocycles. The Balaban J connectivity index is 2.27. The minimum atomic E-state index is 0.375. The van der Waals surface area contributed by atoms with Crippen LogP contribution >= 0.6 is 11.6 Å². The van der Waals surface area contributed by atoms with Crippen LogP contribution < -0.4 is 5.32 Å². The molecule has 1 heterocycles. The average molecular weight is 298 g/mol. The molecule has 3 nitrogen and oxygen atoms in total. The van der Waals surface area contributed by atoms with E-state index in [1.807, 2.05) is 6.20 Å². The highest BCUT2D eigenvalue weighted by molar-refractivity contribution is 6.31. The summed E-state index contributed by atoms with van der Waals surface area (Å²) in [6.45, 7) is 8.68. The van der Waals surface area contributed by atoms with Gasteiger partial charge in [-0.25, -0.2) is 0 Å². The van der Waals surface area contributed by atoms with Crippen LogP contribution in [0.5, 0.6) is 0 Å². The molecule has 1 aliphatic rings. The summed E-state index contributed by atoms with van der Waals surface area (Å²) in [5.41, 5.74) is 1.27. The molecule has 0 saturated heterocycles. The molecule has 2 rings (SSSR count). The molecule has 4 heteroatoms. The molecule has 0 amide bonds. The van der Waals surface area contributed by atoms with Crippen molar-refractivity contribution in [2.24, 2.45) is 5.92 Å². The van der Waals surface area contributed by atoms with Gasteiger partial charge in [0.15, 0.2) is 0 Å². The number of hydrogen-bond acceptors (Lipinski definition) is 2. The van der Waals surface area contributed by atoms with Crippen molar-refractivity contribution < 1.29 is 0 Å². The van der Waals surface area contributed by atoms with Crippen LogP contribution in [0.3, 0.4) is 0 Å². The third-order valence-corrected chi connectivity index (χ3v) is 4.73. The number of nitrogens with zero attached hydrogens (tertiary/aromatic N) is 2. The molecule has 2 atom stereocenters. The second-order valence-electron chi connectivity index (χ2n) is 6.23. The Morgan fingerprint density at radius 1 is 1.35 bits per heavy atom. The minimum absolute atomic E-state index is 0.375. The zero-order chi connectivity index (χ0) is 14.5. The summed E-state index contributed by atoms with van der Waals surface area (Å²) in [4.78, 5) is 0. The van der Waals surface area contributed by atoms with Crippen LogP contribution in [0.25, 0.3) is 0 Å². The van der Waals surface area contributed by atoms with E-state index in [1.54, 1.807) is 0 Å². The maximum atomic E-state index is 6.47. The molecule has 114 valence electrons. The lowest BCUT2D eigenvalue weighted by molar-refractivity contribution is 0.352. The van der Waals surface area contributed by atoms with E-state index in [-0.39, 0.29) is 0 Å². The van der Waals surface area contributed by atoms with Crippen molar-refractivity contribution in [1.82, 2.24) is 15.1 Å². The highest BCUT2D eigenvalue weighted by Crippen LogP contribution is 2.40. The van der Waals surface area contributed by atoms with Crippen molar-refractivity contribution in [3.8, 4) is 0 Å². The van der Waals surface area contributed by atoms with Crippen molar-refractivity contribution in [2.45, 2.75) is 64.8 Å². The largest absolute Gasteiger partial charge is 0.317 e. The van der Waals surface area contributed by atoms with Gasteiger partial charge in [-0.15, -0.1) is 0 Å². The fourth-order valence-electron chi connectivity index (χ4n) is 3.43. The molecular weight excluding hydrogens is 270 g/mol. The lowest BCUT2D eigenvalue weighted by Gasteiger charge is -2.27. The Labute approximate surface area is 128 Å². The van der Waals surface area contributed by atoms with Gasteiger partial charge in [0.25, 0.3) is 0 Å². The molecule has 1 aromatic heterocycles. The normalized spacial score (nSPS) is 24.1. The Hall–Kier alpha value is -0.540. The fraction of sp³-hybridized carbons (Fsp3) is 0.812. The fourth-order valence-corrected chi connectivity index (χ4v) is 3.70. The number of hydrogen-bond donors (Lipinski definition) is 1. The standard InChI is InChI=1S/C16H28ClN3/c1-4-18-10-13-8-6-5-7-9-14(13)16-15(17)11-19-20(16)12(2)3/h11-14,18H,4-10H2,1-3H3. The van der Waals surface area contributed by atoms with Crippen LogP contribution in [0.2, 0.25) is 5.02 Å². The highest BCUT2D eigenvalue weighted by Gasteiger charge is 2.30. The molecule has 0 radical (unpaired) electrons. The van der Waals surface area contributed by atoms with E-state index in [9.17, 15) is 0 Å². The van der Waals surface area contributed by atoms with Gasteiger partial charge in [-0.1, -0.05) is 37.8 Å². The van der Waals surface area contributed by atoms with Crippen molar-refractivity contribution in [3.05, 3.63) is 16.9 Å². The van der Waals surface area contributed by atoms with Crippen molar-refractivity contribution in [3.63, 3.8) is 0 Å². The first kappa shape index (κ1) is 15.8. The third-order valence-electron chi connectivity index (χ3n) is 4.44. The SMILES string of the molecule is CCNCC1CCCCCC1c1c(Cl)cnn1C(C)C. The highest BCUT2D eigenvalue weighted by atomic mass is 35.5. The Morgan fingerprint density at radius 2 is 2.10 bits per heavy atom. The van der Waals surface area contributed by atoms with Gasteiger partial charge in [0, 0.05) is 12.0 Å². The lowest BCUT2D eigenvalue weighted by Crippen LogP contribution is -2.28. The van der Waals surface area contributed by atoms with E-state index < -0.39 is 0 Å². The average Bonchev–Trinajstić information content (AvgIpc) is 2.67. The monoisotopic (exact) mass is 297 g/mol. The molecule has 0 aromatic carbocycles. The summed E-state index contributed by atoms with van der Waals surface area (Å²) in [6, 6.07) is 0.375. The predicted molar refractivity (Wildman–Crippen MR) is 85.5 cm³/mol. The van der Waals surface area contributed by atoms with Gasteiger partial charge >= 0.3 is 0 Å².